The Hall–Kier alpha value is -6.59. The second-order valence-corrected chi connectivity index (χ2v) is 17.2. The van der Waals surface area contributed by atoms with E-state index >= 15 is 0 Å². The molecule has 3 N–H and O–H groups in total. The lowest BCUT2D eigenvalue weighted by Crippen LogP contribution is -2.49. The summed E-state index contributed by atoms with van der Waals surface area (Å²) in [5, 5.41) is 23.1. The van der Waals surface area contributed by atoms with E-state index in [9.17, 15) is 19.5 Å². The predicted octanol–water partition coefficient (Wildman–Crippen LogP) is 4.82. The van der Waals surface area contributed by atoms with Gasteiger partial charge in [0, 0.05) is 88.8 Å². The van der Waals surface area contributed by atoms with Crippen molar-refractivity contribution >= 4 is 62.7 Å². The number of nitrogens with one attached hydrogen (secondary N) is 2. The van der Waals surface area contributed by atoms with Gasteiger partial charge in [0.15, 0.2) is 17.3 Å². The molecule has 0 bridgehead atoms. The summed E-state index contributed by atoms with van der Waals surface area (Å²) >= 11 is 0. The number of amides is 3. The number of aryl methyl sites for hydroxylation is 2. The maximum atomic E-state index is 13.6. The topological polar surface area (TPSA) is 175 Å². The van der Waals surface area contributed by atoms with Crippen LogP contribution >= 0.6 is 0 Å². The number of anilines is 5. The third-order valence-electron chi connectivity index (χ3n) is 13.5. The van der Waals surface area contributed by atoms with Crippen LogP contribution in [0.15, 0.2) is 78.2 Å². The number of carbonyl (C=O) groups is 2. The average molecular weight is 852 g/mol. The van der Waals surface area contributed by atoms with Crippen molar-refractivity contribution in [2.45, 2.75) is 57.6 Å². The lowest BCUT2D eigenvalue weighted by molar-refractivity contribution is -0.120. The lowest BCUT2D eigenvalue weighted by Gasteiger charge is -2.40. The lowest BCUT2D eigenvalue weighted by atomic mass is 9.95. The Bertz CT molecular complexity index is 2800. The molecule has 4 aromatic heterocycles. The van der Waals surface area contributed by atoms with E-state index in [-0.39, 0.29) is 24.4 Å². The number of benzene rings is 2. The molecule has 3 saturated heterocycles. The van der Waals surface area contributed by atoms with Gasteiger partial charge >= 0.3 is 6.03 Å². The maximum Gasteiger partial charge on any atom is 0.329 e. The first kappa shape index (κ1) is 40.5. The largest absolute Gasteiger partial charge is 0.384 e. The van der Waals surface area contributed by atoms with Gasteiger partial charge in [-0.25, -0.2) is 24.1 Å². The Morgan fingerprint density at radius 3 is 2.46 bits per heavy atom. The number of fused-ring (bicyclic) bond motifs is 3. The van der Waals surface area contributed by atoms with Crippen LogP contribution in [0.1, 0.15) is 50.3 Å². The molecule has 1 atom stereocenters. The summed E-state index contributed by atoms with van der Waals surface area (Å²) in [6.45, 7) is 13.3. The molecule has 0 radical (unpaired) electrons. The molecule has 2 aromatic carbocycles. The summed E-state index contributed by atoms with van der Waals surface area (Å²) in [5.41, 5.74) is 5.00. The highest BCUT2D eigenvalue weighted by Gasteiger charge is 2.37. The highest BCUT2D eigenvalue weighted by atomic mass is 16.3. The number of nitrogens with zero attached hydrogens (tertiary/aromatic N) is 11. The number of aliphatic hydroxyl groups is 1. The van der Waals surface area contributed by atoms with Gasteiger partial charge in [-0.3, -0.25) is 29.4 Å². The van der Waals surface area contributed by atoms with Gasteiger partial charge in [0.05, 0.1) is 23.4 Å². The molecular weight excluding hydrogens is 799 g/mol. The molecule has 0 saturated carbocycles. The number of rotatable bonds is 11. The van der Waals surface area contributed by atoms with Crippen molar-refractivity contribution in [2.75, 3.05) is 72.4 Å². The van der Waals surface area contributed by atoms with E-state index < -0.39 is 11.6 Å². The fourth-order valence-corrected chi connectivity index (χ4v) is 9.93. The number of imide groups is 1. The molecule has 0 unspecified atom stereocenters. The average Bonchev–Trinajstić information content (AvgIpc) is 3.92. The summed E-state index contributed by atoms with van der Waals surface area (Å²) in [5.74, 6) is 1.82. The van der Waals surface area contributed by atoms with Gasteiger partial charge in [-0.1, -0.05) is 25.1 Å². The molecule has 17 heteroatoms. The van der Waals surface area contributed by atoms with Gasteiger partial charge in [-0.05, 0) is 86.1 Å². The second kappa shape index (κ2) is 16.3. The normalized spacial score (nSPS) is 19.9. The van der Waals surface area contributed by atoms with Gasteiger partial charge < -0.3 is 20.2 Å². The van der Waals surface area contributed by atoms with Gasteiger partial charge in [-0.15, -0.1) is 6.58 Å². The molecule has 3 amide bonds. The Balaban J connectivity index is 0.757. The van der Waals surface area contributed by atoms with Crippen LogP contribution in [0.2, 0.25) is 0 Å². The fourth-order valence-electron chi connectivity index (χ4n) is 9.93. The van der Waals surface area contributed by atoms with Crippen molar-refractivity contribution in [1.29, 1.82) is 0 Å². The maximum absolute atomic E-state index is 13.6. The zero-order valence-electron chi connectivity index (χ0n) is 35.8. The van der Waals surface area contributed by atoms with Crippen molar-refractivity contribution in [2.24, 2.45) is 13.0 Å². The van der Waals surface area contributed by atoms with Crippen LogP contribution in [0.5, 0.6) is 0 Å². The highest BCUT2D eigenvalue weighted by Crippen LogP contribution is 2.39. The summed E-state index contributed by atoms with van der Waals surface area (Å²) in [4.78, 5) is 61.3. The Kier molecular flexibility index (Phi) is 10.5. The Morgan fingerprint density at radius 2 is 1.71 bits per heavy atom. The Morgan fingerprint density at radius 1 is 0.921 bits per heavy atom. The van der Waals surface area contributed by atoms with E-state index in [0.29, 0.717) is 59.6 Å². The second-order valence-electron chi connectivity index (χ2n) is 17.2. The summed E-state index contributed by atoms with van der Waals surface area (Å²) in [7, 11) is 1.92. The SMILES string of the molecule is C=CCn1c(=O)c2cnc(Nc3ccc(N4CCN(CC5CCN(c6cccc7c(N8CCC(=O)NC8=O)nn(C)c67)CC5)CC4)cc3)nc2n1-c1ccc2c(n1)[C@@](O)(CC)CC2. The molecule has 17 nitrogen and oxygen atoms in total. The number of aromatic nitrogens is 7. The monoisotopic (exact) mass is 851 g/mol. The molecule has 1 aliphatic carbocycles. The van der Waals surface area contributed by atoms with Crippen molar-refractivity contribution in [1.82, 2.24) is 44.3 Å². The molecule has 326 valence electrons. The molecule has 4 aliphatic rings. The first-order chi connectivity index (χ1) is 30.6. The van der Waals surface area contributed by atoms with Gasteiger partial charge in [-0.2, -0.15) is 10.1 Å². The van der Waals surface area contributed by atoms with Crippen LogP contribution < -0.4 is 30.9 Å². The number of piperazine rings is 1. The first-order valence-corrected chi connectivity index (χ1v) is 22.1. The quantitative estimate of drug-likeness (QED) is 0.152. The summed E-state index contributed by atoms with van der Waals surface area (Å²) in [6, 6.07) is 18.0. The molecule has 6 aromatic rings. The smallest absolute Gasteiger partial charge is 0.329 e. The molecule has 10 rings (SSSR count). The third-order valence-corrected chi connectivity index (χ3v) is 13.5. The van der Waals surface area contributed by atoms with Gasteiger partial charge in [0.25, 0.3) is 5.56 Å². The van der Waals surface area contributed by atoms with E-state index in [1.165, 1.54) is 0 Å². The van der Waals surface area contributed by atoms with Gasteiger partial charge in [0.1, 0.15) is 11.0 Å². The Labute approximate surface area is 364 Å². The molecule has 3 fully saturated rings. The van der Waals surface area contributed by atoms with E-state index in [1.807, 2.05) is 55.1 Å². The van der Waals surface area contributed by atoms with E-state index in [1.54, 1.807) is 26.5 Å². The predicted molar refractivity (Wildman–Crippen MR) is 243 cm³/mol. The van der Waals surface area contributed by atoms with Crippen molar-refractivity contribution in [3.63, 3.8) is 0 Å². The third kappa shape index (κ3) is 7.37. The van der Waals surface area contributed by atoms with Crippen LogP contribution in [-0.2, 0) is 30.4 Å². The number of hydrogen-bond donors (Lipinski definition) is 3. The molecule has 63 heavy (non-hydrogen) atoms. The first-order valence-electron chi connectivity index (χ1n) is 22.1. The summed E-state index contributed by atoms with van der Waals surface area (Å²) < 4.78 is 5.12. The number of piperidine rings is 1. The van der Waals surface area contributed by atoms with Crippen LogP contribution in [0.4, 0.5) is 33.6 Å². The van der Waals surface area contributed by atoms with Crippen LogP contribution in [-0.4, -0.2) is 108 Å². The van der Waals surface area contributed by atoms with Crippen molar-refractivity contribution in [3.8, 4) is 5.82 Å². The minimum Gasteiger partial charge on any atom is -0.384 e. The minimum absolute atomic E-state index is 0.238. The van der Waals surface area contributed by atoms with E-state index in [2.05, 4.69) is 55.1 Å². The van der Waals surface area contributed by atoms with Crippen LogP contribution in [0.25, 0.3) is 27.8 Å². The van der Waals surface area contributed by atoms with Crippen molar-refractivity contribution in [3.05, 3.63) is 95.1 Å². The fraction of sp³-hybridized carbons (Fsp3) is 0.413. The number of urea groups is 1. The van der Waals surface area contributed by atoms with Crippen molar-refractivity contribution < 1.29 is 14.7 Å². The number of hydrogen-bond acceptors (Lipinski definition) is 12. The highest BCUT2D eigenvalue weighted by molar-refractivity contribution is 6.10. The summed E-state index contributed by atoms with van der Waals surface area (Å²) in [6.07, 6.45) is 7.64. The number of carbonyl (C=O) groups excluding carboxylic acids is 2. The van der Waals surface area contributed by atoms with Crippen LogP contribution in [0.3, 0.4) is 0 Å². The zero-order valence-corrected chi connectivity index (χ0v) is 35.8. The number of pyridine rings is 1. The molecule has 3 aliphatic heterocycles. The van der Waals surface area contributed by atoms with E-state index in [0.717, 1.165) is 98.6 Å². The number of para-hydroxylation sites is 1. The van der Waals surface area contributed by atoms with Crippen LogP contribution in [0, 0.1) is 5.92 Å². The zero-order chi connectivity index (χ0) is 43.4. The standard InChI is InChI=1S/C46H53N13O4/c1-4-20-58-43(61)35-28-47-44(51-41(35)59(58)37-14-9-31-15-19-46(63,5-2)40(31)49-37)48-32-10-12-33(13-11-32)55-26-24-54(25-27-55)29-30-16-21-56(22-17-30)36-8-6-7-34-39(36)53(3)52-42(34)57-23-18-38(60)50-45(57)62/h4,6-14,28,30,63H,1,5,15-27,29H2,2-3H3,(H,47,48,51)(H,50,60,62)/t46-/m1/s1. The van der Waals surface area contributed by atoms with E-state index in [4.69, 9.17) is 15.1 Å². The van der Waals surface area contributed by atoms with Gasteiger partial charge in [0.2, 0.25) is 11.9 Å². The number of allylic oxidation sites excluding steroid dienone is 1. The molecule has 7 heterocycles. The molecular formula is C46H53N13O4. The minimum atomic E-state index is -0.993. The molecule has 0 spiro atoms.